The molecule has 3 rings (SSSR count). The predicted molar refractivity (Wildman–Crippen MR) is 93.9 cm³/mol. The molecule has 0 bridgehead atoms. The molecule has 0 atom stereocenters. The largest absolute Gasteiger partial charge is 0.616 e. The first-order valence-electron chi connectivity index (χ1n) is 7.16. The van der Waals surface area contributed by atoms with Crippen LogP contribution < -0.4 is 24.7 Å². The molecule has 26 heavy (non-hydrogen) atoms. The lowest BCUT2D eigenvalue weighted by Gasteiger charge is -2.16. The van der Waals surface area contributed by atoms with Gasteiger partial charge < -0.3 is 29.7 Å². The molecule has 0 radical (unpaired) electrons. The average Bonchev–Trinajstić information content (AvgIpc) is 3.01. The third-order valence-electron chi connectivity index (χ3n) is 3.64. The normalized spacial score (nSPS) is 11.0. The van der Waals surface area contributed by atoms with E-state index in [0.717, 1.165) is 0 Å². The Kier molecular flexibility index (Phi) is 4.79. The second kappa shape index (κ2) is 6.89. The average molecular weight is 401 g/mol. The zero-order valence-corrected chi connectivity index (χ0v) is 15.5. The van der Waals surface area contributed by atoms with Crippen LogP contribution in [-0.4, -0.2) is 40.8 Å². The Morgan fingerprint density at radius 1 is 1.15 bits per heavy atom. The van der Waals surface area contributed by atoms with Crippen molar-refractivity contribution in [1.82, 2.24) is 19.5 Å². The van der Waals surface area contributed by atoms with Crippen molar-refractivity contribution in [2.24, 2.45) is 0 Å². The molecule has 0 aromatic carbocycles. The quantitative estimate of drug-likeness (QED) is 0.387. The Morgan fingerprint density at radius 3 is 2.46 bits per heavy atom. The van der Waals surface area contributed by atoms with Gasteiger partial charge in [-0.2, -0.15) is 9.97 Å². The highest BCUT2D eigenvalue weighted by molar-refractivity contribution is 6.33. The molecule has 0 saturated carbocycles. The number of hydrogen-bond acceptors (Lipinski definition) is 8. The summed E-state index contributed by atoms with van der Waals surface area (Å²) in [7, 11) is 4.12. The number of imidazole rings is 1. The number of aromatic nitrogens is 5. The molecule has 3 heterocycles. The van der Waals surface area contributed by atoms with Crippen molar-refractivity contribution in [1.29, 1.82) is 0 Å². The van der Waals surface area contributed by atoms with E-state index in [1.54, 1.807) is 4.57 Å². The molecule has 0 aliphatic heterocycles. The molecule has 2 N–H and O–H groups in total. The maximum atomic E-state index is 12.7. The molecular weight excluding hydrogens is 387 g/mol. The lowest BCUT2D eigenvalue weighted by molar-refractivity contribution is -0.621. The summed E-state index contributed by atoms with van der Waals surface area (Å²) in [6, 6.07) is 0. The predicted octanol–water partition coefficient (Wildman–Crippen LogP) is 1.42. The Morgan fingerprint density at radius 2 is 1.85 bits per heavy atom. The molecule has 0 amide bonds. The highest BCUT2D eigenvalue weighted by Gasteiger charge is 2.31. The van der Waals surface area contributed by atoms with Crippen molar-refractivity contribution in [2.75, 3.05) is 27.1 Å². The Bertz CT molecular complexity index is 962. The van der Waals surface area contributed by atoms with Gasteiger partial charge in [-0.1, -0.05) is 23.2 Å². The fourth-order valence-electron chi connectivity index (χ4n) is 2.51. The number of nitrogens with two attached hydrogens (primary N) is 1. The molecule has 138 valence electrons. The van der Waals surface area contributed by atoms with E-state index in [1.165, 1.54) is 27.7 Å². The van der Waals surface area contributed by atoms with Gasteiger partial charge >= 0.3 is 5.88 Å². The van der Waals surface area contributed by atoms with Crippen molar-refractivity contribution in [3.05, 3.63) is 27.4 Å². The minimum absolute atomic E-state index is 0.00231. The molecule has 3 aromatic heterocycles. The summed E-state index contributed by atoms with van der Waals surface area (Å²) in [5.74, 6) is 0.143. The van der Waals surface area contributed by atoms with Crippen molar-refractivity contribution >= 4 is 40.3 Å². The summed E-state index contributed by atoms with van der Waals surface area (Å²) >= 11 is 12.4. The maximum Gasteiger partial charge on any atom is 0.427 e. The number of halogens is 2. The second-order valence-electron chi connectivity index (χ2n) is 5.05. The molecule has 0 aliphatic carbocycles. The van der Waals surface area contributed by atoms with E-state index in [2.05, 4.69) is 15.0 Å². The van der Waals surface area contributed by atoms with Gasteiger partial charge in [0.25, 0.3) is 5.75 Å². The first kappa shape index (κ1) is 18.1. The van der Waals surface area contributed by atoms with Crippen LogP contribution in [0.25, 0.3) is 11.2 Å². The molecule has 12 heteroatoms. The summed E-state index contributed by atoms with van der Waals surface area (Å²) in [4.78, 5) is 12.1. The van der Waals surface area contributed by atoms with Crippen molar-refractivity contribution in [3.63, 3.8) is 0 Å². The number of hydrogen-bond donors (Lipinski definition) is 1. The number of nitrogens with zero attached hydrogens (tertiary/aromatic N) is 5. The van der Waals surface area contributed by atoms with Crippen molar-refractivity contribution in [3.8, 4) is 17.4 Å². The summed E-state index contributed by atoms with van der Waals surface area (Å²) in [5, 5.41) is 12.9. The van der Waals surface area contributed by atoms with Gasteiger partial charge in [0.05, 0.1) is 27.7 Å². The molecule has 0 unspecified atom stereocenters. The summed E-state index contributed by atoms with van der Waals surface area (Å²) in [6.07, 6.45) is 1.45. The zero-order chi connectivity index (χ0) is 19.0. The summed E-state index contributed by atoms with van der Waals surface area (Å²) in [5.41, 5.74) is 6.47. The maximum absolute atomic E-state index is 12.7. The van der Waals surface area contributed by atoms with Gasteiger partial charge in [0.15, 0.2) is 21.6 Å². The van der Waals surface area contributed by atoms with E-state index in [4.69, 9.17) is 43.1 Å². The molecule has 0 spiro atoms. The van der Waals surface area contributed by atoms with E-state index in [-0.39, 0.29) is 45.7 Å². The van der Waals surface area contributed by atoms with E-state index in [1.807, 2.05) is 0 Å². The number of pyridine rings is 1. The Balaban J connectivity index is 2.20. The standard InChI is InChI=1S/C14H14Cl2N6O4/c1-24-9-7(15)6(22(23)13(26-3)10(9)25-2)4-21-5-18-8-11(16)19-14(17)20-12(8)21/h5H,4H2,1-3H3,(H2,17,19,20). The Hall–Kier alpha value is -2.72. The van der Waals surface area contributed by atoms with Crippen LogP contribution >= 0.6 is 23.2 Å². The number of ether oxygens (including phenoxy) is 3. The van der Waals surface area contributed by atoms with Gasteiger partial charge in [0.2, 0.25) is 11.6 Å². The molecular formula is C14H14Cl2N6O4. The SMILES string of the molecule is COc1c(Cl)c(Cn2cnc3c(Cl)nc(N)nc32)[n+]([O-])c(OC)c1OC. The molecule has 3 aromatic rings. The fraction of sp³-hybridized carbons (Fsp3) is 0.286. The molecule has 10 nitrogen and oxygen atoms in total. The smallest absolute Gasteiger partial charge is 0.427 e. The summed E-state index contributed by atoms with van der Waals surface area (Å²) in [6.45, 7) is 0.00231. The minimum atomic E-state index is -0.0969. The number of methoxy groups -OCH3 is 3. The highest BCUT2D eigenvalue weighted by atomic mass is 35.5. The van der Waals surface area contributed by atoms with Crippen LogP contribution in [0.5, 0.6) is 17.4 Å². The highest BCUT2D eigenvalue weighted by Crippen LogP contribution is 2.41. The zero-order valence-electron chi connectivity index (χ0n) is 14.0. The fourth-order valence-corrected chi connectivity index (χ4v) is 3.03. The Labute approximate surface area is 157 Å². The van der Waals surface area contributed by atoms with Gasteiger partial charge in [0.1, 0.15) is 12.1 Å². The van der Waals surface area contributed by atoms with E-state index < -0.39 is 0 Å². The number of rotatable bonds is 5. The third-order valence-corrected chi connectivity index (χ3v) is 4.30. The van der Waals surface area contributed by atoms with Crippen LogP contribution in [0.4, 0.5) is 5.95 Å². The first-order chi connectivity index (χ1) is 12.4. The topological polar surface area (TPSA) is 124 Å². The first-order valence-corrected chi connectivity index (χ1v) is 7.92. The van der Waals surface area contributed by atoms with Crippen LogP contribution in [0.2, 0.25) is 10.2 Å². The minimum Gasteiger partial charge on any atom is -0.616 e. The van der Waals surface area contributed by atoms with E-state index in [0.29, 0.717) is 15.9 Å². The van der Waals surface area contributed by atoms with Crippen molar-refractivity contribution < 1.29 is 18.9 Å². The number of anilines is 1. The van der Waals surface area contributed by atoms with E-state index >= 15 is 0 Å². The van der Waals surface area contributed by atoms with Gasteiger partial charge in [-0.3, -0.25) is 0 Å². The molecule has 0 aliphatic rings. The second-order valence-corrected chi connectivity index (χ2v) is 5.78. The third kappa shape index (κ3) is 2.76. The monoisotopic (exact) mass is 400 g/mol. The summed E-state index contributed by atoms with van der Waals surface area (Å²) < 4.78 is 17.7. The molecule has 0 fully saturated rings. The lowest BCUT2D eigenvalue weighted by atomic mass is 10.3. The van der Waals surface area contributed by atoms with Crippen molar-refractivity contribution in [2.45, 2.75) is 6.54 Å². The number of fused-ring (bicyclic) bond motifs is 1. The van der Waals surface area contributed by atoms with Gasteiger partial charge in [-0.05, 0) is 0 Å². The van der Waals surface area contributed by atoms with Gasteiger partial charge in [0, 0.05) is 0 Å². The lowest BCUT2D eigenvalue weighted by Crippen LogP contribution is -2.36. The van der Waals surface area contributed by atoms with Gasteiger partial charge in [-0.25, -0.2) is 4.98 Å². The van der Waals surface area contributed by atoms with Crippen LogP contribution in [-0.2, 0) is 6.54 Å². The number of nitrogen functional groups attached to an aromatic ring is 1. The van der Waals surface area contributed by atoms with Crippen LogP contribution in [0.15, 0.2) is 6.33 Å². The molecule has 0 saturated heterocycles. The van der Waals surface area contributed by atoms with Crippen LogP contribution in [0.1, 0.15) is 5.69 Å². The van der Waals surface area contributed by atoms with E-state index in [9.17, 15) is 5.21 Å². The van der Waals surface area contributed by atoms with Crippen LogP contribution in [0, 0.1) is 5.21 Å². The van der Waals surface area contributed by atoms with Crippen LogP contribution in [0.3, 0.4) is 0 Å². The van der Waals surface area contributed by atoms with Gasteiger partial charge in [-0.15, -0.1) is 4.73 Å².